The van der Waals surface area contributed by atoms with Crippen LogP contribution in [0, 0.1) is 11.8 Å². The number of fused-ring (bicyclic) bond motifs is 5. The number of benzene rings is 1. The molecule has 6 nitrogen and oxygen atoms in total. The highest BCUT2D eigenvalue weighted by Gasteiger charge is 2.45. The lowest BCUT2D eigenvalue weighted by molar-refractivity contribution is -0.118. The lowest BCUT2D eigenvalue weighted by Crippen LogP contribution is -2.58. The van der Waals surface area contributed by atoms with Gasteiger partial charge in [0.2, 0.25) is 0 Å². The number of rotatable bonds is 6. The van der Waals surface area contributed by atoms with Gasteiger partial charge in [0.25, 0.3) is 0 Å². The maximum atomic E-state index is 11.6. The molecule has 4 heterocycles. The monoisotopic (exact) mass is 517 g/mol. The molecule has 0 amide bonds. The van der Waals surface area contributed by atoms with Crippen molar-refractivity contribution in [2.45, 2.75) is 108 Å². The van der Waals surface area contributed by atoms with Gasteiger partial charge in [0.1, 0.15) is 11.6 Å². The van der Waals surface area contributed by atoms with Gasteiger partial charge < -0.3 is 4.57 Å². The number of para-hydroxylation sites is 2. The molecule has 2 aliphatic carbocycles. The van der Waals surface area contributed by atoms with Gasteiger partial charge in [-0.25, -0.2) is 4.98 Å². The fourth-order valence-corrected chi connectivity index (χ4v) is 9.37. The largest absolute Gasteiger partial charge is 0.324 e. The Morgan fingerprint density at radius 1 is 0.789 bits per heavy atom. The highest BCUT2D eigenvalue weighted by Crippen LogP contribution is 2.48. The molecule has 5 fully saturated rings. The lowest BCUT2D eigenvalue weighted by atomic mass is 9.68. The van der Waals surface area contributed by atoms with Crippen LogP contribution in [0.4, 0.5) is 0 Å². The minimum Gasteiger partial charge on any atom is -0.324 e. The van der Waals surface area contributed by atoms with Gasteiger partial charge in [0, 0.05) is 50.3 Å². The number of piperazine rings is 1. The van der Waals surface area contributed by atoms with Gasteiger partial charge in [-0.15, -0.1) is 0 Å². The van der Waals surface area contributed by atoms with Crippen molar-refractivity contribution in [3.05, 3.63) is 30.1 Å². The molecule has 0 radical (unpaired) electrons. The molecule has 6 atom stereocenters. The Hall–Kier alpha value is -1.76. The minimum absolute atomic E-state index is 0.272. The summed E-state index contributed by atoms with van der Waals surface area (Å²) in [5.41, 5.74) is 2.49. The Labute approximate surface area is 228 Å². The third-order valence-corrected chi connectivity index (χ3v) is 10.8. The van der Waals surface area contributed by atoms with Crippen molar-refractivity contribution in [3.63, 3.8) is 0 Å². The van der Waals surface area contributed by atoms with Crippen molar-refractivity contribution in [2.24, 2.45) is 11.8 Å². The van der Waals surface area contributed by atoms with Crippen LogP contribution >= 0.6 is 0 Å². The van der Waals surface area contributed by atoms with E-state index in [1.807, 2.05) is 0 Å². The molecular formula is C32H47N5O. The van der Waals surface area contributed by atoms with E-state index < -0.39 is 0 Å². The summed E-state index contributed by atoms with van der Waals surface area (Å²) >= 11 is 0. The van der Waals surface area contributed by atoms with Crippen LogP contribution in [0.2, 0.25) is 0 Å². The highest BCUT2D eigenvalue weighted by atomic mass is 16.1. The van der Waals surface area contributed by atoms with Crippen molar-refractivity contribution in [1.82, 2.24) is 24.3 Å². The van der Waals surface area contributed by atoms with E-state index in [4.69, 9.17) is 4.98 Å². The normalized spacial score (nSPS) is 35.0. The molecule has 0 unspecified atom stereocenters. The van der Waals surface area contributed by atoms with E-state index in [1.54, 1.807) is 6.92 Å². The lowest BCUT2D eigenvalue weighted by Gasteiger charge is -2.55. The molecule has 4 bridgehead atoms. The standard InChI is InChI=1S/C32H47N5O/c1-23(38)21-34-12-14-35(15-13-34)22-32-33-30-10-2-3-11-31(30)37(32)29-19-26-8-5-9-27(20-29)36(26)28-17-24-6-4-7-25(16-24)18-28/h2-3,10-11,24-29H,4-9,12-22H2,1H3/t24-,25+,26-,27+,28+,29+. The first kappa shape index (κ1) is 25.2. The van der Waals surface area contributed by atoms with E-state index in [9.17, 15) is 4.79 Å². The zero-order valence-corrected chi connectivity index (χ0v) is 23.4. The van der Waals surface area contributed by atoms with Gasteiger partial charge in [0.05, 0.1) is 24.1 Å². The third kappa shape index (κ3) is 4.97. The molecule has 1 aromatic heterocycles. The third-order valence-electron chi connectivity index (χ3n) is 10.8. The molecular weight excluding hydrogens is 470 g/mol. The maximum absolute atomic E-state index is 11.6. The van der Waals surface area contributed by atoms with Crippen LogP contribution in [-0.2, 0) is 11.3 Å². The second-order valence-electron chi connectivity index (χ2n) is 13.5. The number of ketones is 1. The van der Waals surface area contributed by atoms with Gasteiger partial charge in [-0.05, 0) is 75.8 Å². The summed E-state index contributed by atoms with van der Waals surface area (Å²) in [7, 11) is 0. The second-order valence-corrected chi connectivity index (χ2v) is 13.5. The summed E-state index contributed by atoms with van der Waals surface area (Å²) in [6.45, 7) is 7.21. The molecule has 5 aliphatic rings. The molecule has 1 aromatic carbocycles. The number of nitrogens with zero attached hydrogens (tertiary/aromatic N) is 5. The summed E-state index contributed by atoms with van der Waals surface area (Å²) in [5.74, 6) is 3.54. The van der Waals surface area contributed by atoms with Crippen LogP contribution in [0.25, 0.3) is 11.0 Å². The van der Waals surface area contributed by atoms with E-state index >= 15 is 0 Å². The average Bonchev–Trinajstić information content (AvgIpc) is 3.26. The summed E-state index contributed by atoms with van der Waals surface area (Å²) < 4.78 is 2.68. The number of hydrogen-bond donors (Lipinski definition) is 0. The molecule has 7 rings (SSSR count). The smallest absolute Gasteiger partial charge is 0.143 e. The Balaban J connectivity index is 1.11. The van der Waals surface area contributed by atoms with E-state index in [-0.39, 0.29) is 5.78 Å². The maximum Gasteiger partial charge on any atom is 0.143 e. The topological polar surface area (TPSA) is 44.6 Å². The predicted molar refractivity (Wildman–Crippen MR) is 152 cm³/mol. The molecule has 3 aliphatic heterocycles. The van der Waals surface area contributed by atoms with Gasteiger partial charge in [-0.1, -0.05) is 37.8 Å². The summed E-state index contributed by atoms with van der Waals surface area (Å²) in [5, 5.41) is 0. The first-order valence-electron chi connectivity index (χ1n) is 15.8. The van der Waals surface area contributed by atoms with E-state index in [0.717, 1.165) is 68.2 Å². The SMILES string of the molecule is CC(=O)CN1CCN(Cc2nc3ccccc3n2[C@H]2C[C@H]3CCC[C@@H](C2)N3[C@H]2C[C@@H]3CCC[C@@H](C3)C2)CC1. The van der Waals surface area contributed by atoms with Crippen molar-refractivity contribution in [2.75, 3.05) is 32.7 Å². The van der Waals surface area contributed by atoms with Crippen molar-refractivity contribution >= 4 is 16.8 Å². The predicted octanol–water partition coefficient (Wildman–Crippen LogP) is 5.27. The Morgan fingerprint density at radius 2 is 1.45 bits per heavy atom. The Morgan fingerprint density at radius 3 is 2.16 bits per heavy atom. The molecule has 38 heavy (non-hydrogen) atoms. The van der Waals surface area contributed by atoms with Crippen molar-refractivity contribution in [1.29, 1.82) is 0 Å². The molecule has 2 aromatic rings. The minimum atomic E-state index is 0.272. The number of piperidine rings is 2. The number of aromatic nitrogens is 2. The van der Waals surface area contributed by atoms with Crippen LogP contribution in [0.5, 0.6) is 0 Å². The van der Waals surface area contributed by atoms with Crippen LogP contribution < -0.4 is 0 Å². The van der Waals surface area contributed by atoms with Gasteiger partial charge in [0.15, 0.2) is 0 Å². The number of hydrogen-bond acceptors (Lipinski definition) is 5. The first-order valence-corrected chi connectivity index (χ1v) is 15.8. The van der Waals surface area contributed by atoms with Gasteiger partial charge in [-0.2, -0.15) is 0 Å². The van der Waals surface area contributed by atoms with Gasteiger partial charge >= 0.3 is 0 Å². The zero-order valence-electron chi connectivity index (χ0n) is 23.4. The Bertz CT molecular complexity index is 1110. The molecule has 3 saturated heterocycles. The summed E-state index contributed by atoms with van der Waals surface area (Å²) in [6, 6.07) is 11.8. The number of Topliss-reactive ketones (excluding diaryl/α,β-unsaturated/α-hetero) is 1. The zero-order chi connectivity index (χ0) is 25.6. The molecule has 206 valence electrons. The number of imidazole rings is 1. The number of carbonyl (C=O) groups excluding carboxylic acids is 1. The second kappa shape index (κ2) is 10.7. The average molecular weight is 518 g/mol. The Kier molecular flexibility index (Phi) is 7.08. The van der Waals surface area contributed by atoms with Gasteiger partial charge in [-0.3, -0.25) is 19.5 Å². The van der Waals surface area contributed by atoms with E-state index in [1.165, 1.54) is 82.0 Å². The van der Waals surface area contributed by atoms with Crippen LogP contribution in [0.3, 0.4) is 0 Å². The number of carbonyl (C=O) groups is 1. The highest BCUT2D eigenvalue weighted by molar-refractivity contribution is 5.77. The van der Waals surface area contributed by atoms with Crippen molar-refractivity contribution in [3.8, 4) is 0 Å². The van der Waals surface area contributed by atoms with E-state index in [0.29, 0.717) is 12.6 Å². The van der Waals surface area contributed by atoms with Crippen molar-refractivity contribution < 1.29 is 4.79 Å². The quantitative estimate of drug-likeness (QED) is 0.522. The molecule has 0 spiro atoms. The fourth-order valence-electron chi connectivity index (χ4n) is 9.37. The van der Waals surface area contributed by atoms with Crippen LogP contribution in [-0.4, -0.2) is 80.9 Å². The summed E-state index contributed by atoms with van der Waals surface area (Å²) in [6.07, 6.45) is 15.7. The van der Waals surface area contributed by atoms with E-state index in [2.05, 4.69) is 43.5 Å². The first-order chi connectivity index (χ1) is 18.6. The van der Waals surface area contributed by atoms with Crippen LogP contribution in [0.15, 0.2) is 24.3 Å². The van der Waals surface area contributed by atoms with Crippen LogP contribution in [0.1, 0.15) is 89.4 Å². The fraction of sp³-hybridized carbons (Fsp3) is 0.750. The molecule has 0 N–H and O–H groups in total. The molecule has 6 heteroatoms. The summed E-state index contributed by atoms with van der Waals surface area (Å²) in [4.78, 5) is 24.8. The molecule has 2 saturated carbocycles.